The molecule has 1 saturated heterocycles. The highest BCUT2D eigenvalue weighted by Crippen LogP contribution is 2.32. The van der Waals surface area contributed by atoms with E-state index < -0.39 is 0 Å². The molecule has 30 heavy (non-hydrogen) atoms. The SMILES string of the molecule is NC1CCN(c2cc(-c3c[nH]c4ccc(-c5ccccc5F)nc34)nc(O)n2)CC1. The second-order valence-electron chi connectivity index (χ2n) is 7.51. The molecular weight excluding hydrogens is 383 g/mol. The van der Waals surface area contributed by atoms with Gasteiger partial charge in [-0.1, -0.05) is 12.1 Å². The van der Waals surface area contributed by atoms with Crippen molar-refractivity contribution in [3.63, 3.8) is 0 Å². The predicted octanol–water partition coefficient (Wildman–Crippen LogP) is 3.46. The van der Waals surface area contributed by atoms with Crippen molar-refractivity contribution in [3.05, 3.63) is 54.5 Å². The number of anilines is 1. The zero-order valence-electron chi connectivity index (χ0n) is 16.2. The van der Waals surface area contributed by atoms with Crippen LogP contribution in [0.1, 0.15) is 12.8 Å². The number of nitrogens with two attached hydrogens (primary N) is 1. The van der Waals surface area contributed by atoms with Gasteiger partial charge in [-0.05, 0) is 37.1 Å². The molecule has 1 aromatic carbocycles. The van der Waals surface area contributed by atoms with Crippen LogP contribution >= 0.6 is 0 Å². The molecule has 0 bridgehead atoms. The number of aromatic amines is 1. The number of aromatic hydroxyl groups is 1. The van der Waals surface area contributed by atoms with Crippen molar-refractivity contribution < 1.29 is 9.50 Å². The van der Waals surface area contributed by atoms with Crippen molar-refractivity contribution in [2.75, 3.05) is 18.0 Å². The van der Waals surface area contributed by atoms with Crippen LogP contribution in [0.25, 0.3) is 33.5 Å². The van der Waals surface area contributed by atoms with Crippen molar-refractivity contribution in [2.45, 2.75) is 18.9 Å². The first-order valence-corrected chi connectivity index (χ1v) is 9.90. The predicted molar refractivity (Wildman–Crippen MR) is 114 cm³/mol. The third-order valence-corrected chi connectivity index (χ3v) is 5.51. The Morgan fingerprint density at radius 3 is 2.60 bits per heavy atom. The Morgan fingerprint density at radius 1 is 1.00 bits per heavy atom. The van der Waals surface area contributed by atoms with Gasteiger partial charge in [0.05, 0.1) is 22.4 Å². The first kappa shape index (κ1) is 18.5. The lowest BCUT2D eigenvalue weighted by atomic mass is 10.1. The van der Waals surface area contributed by atoms with Crippen LogP contribution in [0.15, 0.2) is 48.7 Å². The van der Waals surface area contributed by atoms with Gasteiger partial charge in [-0.15, -0.1) is 0 Å². The summed E-state index contributed by atoms with van der Waals surface area (Å²) in [6.45, 7) is 1.56. The summed E-state index contributed by atoms with van der Waals surface area (Å²) in [5.41, 5.74) is 9.69. The van der Waals surface area contributed by atoms with Crippen molar-refractivity contribution in [1.29, 1.82) is 0 Å². The molecule has 4 N–H and O–H groups in total. The fourth-order valence-electron chi connectivity index (χ4n) is 3.86. The van der Waals surface area contributed by atoms with E-state index in [0.717, 1.165) is 37.0 Å². The minimum absolute atomic E-state index is 0.200. The summed E-state index contributed by atoms with van der Waals surface area (Å²) in [7, 11) is 0. The average Bonchev–Trinajstić information content (AvgIpc) is 3.17. The van der Waals surface area contributed by atoms with Gasteiger partial charge in [-0.3, -0.25) is 0 Å². The van der Waals surface area contributed by atoms with E-state index in [1.54, 1.807) is 30.5 Å². The minimum Gasteiger partial charge on any atom is -0.479 e. The standard InChI is InChI=1S/C22H21FN6O/c23-16-4-2-1-3-14(16)17-5-6-18-21(26-17)15(12-25-18)19-11-20(28-22(30)27-19)29-9-7-13(24)8-10-29/h1-6,11-13,25H,7-10,24H2,(H,27,28,30). The zero-order valence-corrected chi connectivity index (χ0v) is 16.2. The number of halogens is 1. The van der Waals surface area contributed by atoms with Crippen LogP contribution in [0.2, 0.25) is 0 Å². The molecule has 5 rings (SSSR count). The number of hydrogen-bond donors (Lipinski definition) is 3. The maximum atomic E-state index is 14.2. The number of fused-ring (bicyclic) bond motifs is 1. The molecule has 8 heteroatoms. The number of hydrogen-bond acceptors (Lipinski definition) is 6. The Hall–Kier alpha value is -3.52. The zero-order chi connectivity index (χ0) is 20.7. The Balaban J connectivity index is 1.58. The fourth-order valence-corrected chi connectivity index (χ4v) is 3.86. The summed E-state index contributed by atoms with van der Waals surface area (Å²) in [5.74, 6) is 0.329. The lowest BCUT2D eigenvalue weighted by molar-refractivity contribution is 0.428. The molecule has 0 aliphatic carbocycles. The molecule has 7 nitrogen and oxygen atoms in total. The summed E-state index contributed by atoms with van der Waals surface area (Å²) in [5, 5.41) is 10.2. The molecule has 4 heterocycles. The molecule has 152 valence electrons. The fraction of sp³-hybridized carbons (Fsp3) is 0.227. The van der Waals surface area contributed by atoms with Gasteiger partial charge in [-0.25, -0.2) is 9.37 Å². The maximum Gasteiger partial charge on any atom is 0.316 e. The Bertz CT molecular complexity index is 1220. The number of benzene rings is 1. The summed E-state index contributed by atoms with van der Waals surface area (Å²) in [6.07, 6.45) is 3.54. The number of nitrogens with one attached hydrogen (secondary N) is 1. The maximum absolute atomic E-state index is 14.2. The Kier molecular flexibility index (Phi) is 4.55. The number of rotatable bonds is 3. The van der Waals surface area contributed by atoms with Gasteiger partial charge in [0.25, 0.3) is 0 Å². The summed E-state index contributed by atoms with van der Waals surface area (Å²) in [6, 6.07) is 11.9. The van der Waals surface area contributed by atoms with Crippen LogP contribution in [0.3, 0.4) is 0 Å². The largest absolute Gasteiger partial charge is 0.479 e. The highest BCUT2D eigenvalue weighted by atomic mass is 19.1. The quantitative estimate of drug-likeness (QED) is 0.483. The van der Waals surface area contributed by atoms with Crippen LogP contribution < -0.4 is 10.6 Å². The number of aromatic nitrogens is 4. The van der Waals surface area contributed by atoms with Crippen molar-refractivity contribution in [1.82, 2.24) is 19.9 Å². The van der Waals surface area contributed by atoms with E-state index in [4.69, 9.17) is 5.73 Å². The smallest absolute Gasteiger partial charge is 0.316 e. The van der Waals surface area contributed by atoms with Crippen molar-refractivity contribution in [3.8, 4) is 28.5 Å². The Morgan fingerprint density at radius 2 is 1.80 bits per heavy atom. The molecule has 0 amide bonds. The van der Waals surface area contributed by atoms with Crippen LogP contribution in [-0.2, 0) is 0 Å². The van der Waals surface area contributed by atoms with E-state index >= 15 is 0 Å². The van der Waals surface area contributed by atoms with Crippen LogP contribution in [0, 0.1) is 5.82 Å². The number of nitrogens with zero attached hydrogens (tertiary/aromatic N) is 4. The van der Waals surface area contributed by atoms with Gasteiger partial charge in [0.2, 0.25) is 0 Å². The van der Waals surface area contributed by atoms with Crippen LogP contribution in [0.4, 0.5) is 10.2 Å². The van der Waals surface area contributed by atoms with Gasteiger partial charge < -0.3 is 20.7 Å². The molecule has 3 aromatic heterocycles. The van der Waals surface area contributed by atoms with Gasteiger partial charge in [0, 0.05) is 42.5 Å². The van der Waals surface area contributed by atoms with Crippen LogP contribution in [-0.4, -0.2) is 44.2 Å². The molecule has 0 radical (unpaired) electrons. The van der Waals surface area contributed by atoms with Crippen LogP contribution in [0.5, 0.6) is 6.01 Å². The number of piperidine rings is 1. The number of pyridine rings is 1. The Labute approximate surface area is 172 Å². The molecule has 0 spiro atoms. The van der Waals surface area contributed by atoms with Gasteiger partial charge in [-0.2, -0.15) is 9.97 Å². The number of H-pyrrole nitrogens is 1. The molecule has 0 unspecified atom stereocenters. The normalized spacial score (nSPS) is 15.1. The molecule has 1 fully saturated rings. The first-order chi connectivity index (χ1) is 14.6. The molecule has 1 aliphatic heterocycles. The minimum atomic E-state index is -0.327. The summed E-state index contributed by atoms with van der Waals surface area (Å²) < 4.78 is 14.2. The van der Waals surface area contributed by atoms with Gasteiger partial charge in [0.1, 0.15) is 11.6 Å². The van der Waals surface area contributed by atoms with E-state index in [2.05, 4.69) is 24.8 Å². The summed E-state index contributed by atoms with van der Waals surface area (Å²) in [4.78, 5) is 18.4. The van der Waals surface area contributed by atoms with Crippen molar-refractivity contribution >= 4 is 16.9 Å². The van der Waals surface area contributed by atoms with Gasteiger partial charge >= 0.3 is 6.01 Å². The molecule has 0 atom stereocenters. The van der Waals surface area contributed by atoms with E-state index in [-0.39, 0.29) is 17.9 Å². The van der Waals surface area contributed by atoms with Gasteiger partial charge in [0.15, 0.2) is 0 Å². The third-order valence-electron chi connectivity index (χ3n) is 5.51. The van der Waals surface area contributed by atoms with Crippen molar-refractivity contribution in [2.24, 2.45) is 5.73 Å². The van der Waals surface area contributed by atoms with E-state index in [1.165, 1.54) is 6.07 Å². The first-order valence-electron chi connectivity index (χ1n) is 9.90. The summed E-state index contributed by atoms with van der Waals surface area (Å²) >= 11 is 0. The third kappa shape index (κ3) is 3.35. The highest BCUT2D eigenvalue weighted by Gasteiger charge is 2.20. The molecule has 0 saturated carbocycles. The molecular formula is C22H21FN6O. The van der Waals surface area contributed by atoms with E-state index in [0.29, 0.717) is 28.3 Å². The molecule has 4 aromatic rings. The topological polar surface area (TPSA) is 104 Å². The lowest BCUT2D eigenvalue weighted by Gasteiger charge is -2.31. The monoisotopic (exact) mass is 404 g/mol. The lowest BCUT2D eigenvalue weighted by Crippen LogP contribution is -2.40. The van der Waals surface area contributed by atoms with E-state index in [9.17, 15) is 9.50 Å². The molecule has 1 aliphatic rings. The second-order valence-corrected chi connectivity index (χ2v) is 7.51. The van der Waals surface area contributed by atoms with E-state index in [1.807, 2.05) is 12.1 Å². The highest BCUT2D eigenvalue weighted by molar-refractivity contribution is 5.93. The average molecular weight is 404 g/mol. The second kappa shape index (κ2) is 7.38.